The summed E-state index contributed by atoms with van der Waals surface area (Å²) >= 11 is 0. The van der Waals surface area contributed by atoms with E-state index in [4.69, 9.17) is 15.3 Å². The third-order valence-electron chi connectivity index (χ3n) is 0.105. The molecule has 0 saturated carbocycles. The van der Waals surface area contributed by atoms with Crippen LogP contribution < -0.4 is 19.8 Å². The van der Waals surface area contributed by atoms with Crippen LogP contribution in [0.4, 0.5) is 0 Å². The molecule has 13 heavy (non-hydrogen) atoms. The van der Waals surface area contributed by atoms with E-state index in [2.05, 4.69) is 42.3 Å². The molecule has 0 heterocycles. The SMILES string of the molecule is C[NH+](C)C.C[NH+](C)C.N#CB([O-])[O-]. The van der Waals surface area contributed by atoms with Gasteiger partial charge in [0, 0.05) is 7.12 Å². The average Bonchev–Trinajstić information content (AvgIpc) is 1.84. The van der Waals surface area contributed by atoms with Crippen LogP contribution in [-0.4, -0.2) is 49.4 Å². The molecule has 0 fully saturated rings. The fourth-order valence-corrected chi connectivity index (χ4v) is 0. The summed E-state index contributed by atoms with van der Waals surface area (Å²) < 4.78 is 0. The number of hydrogen-bond donors (Lipinski definition) is 2. The molecule has 5 nitrogen and oxygen atoms in total. The lowest BCUT2D eigenvalue weighted by molar-refractivity contribution is -0.836. The number of nitrogens with one attached hydrogen (secondary N) is 2. The molecule has 0 aromatic rings. The molecular formula is C7H20BN3O2. The Morgan fingerprint density at radius 1 is 0.923 bits per heavy atom. The molecule has 0 saturated heterocycles. The lowest BCUT2D eigenvalue weighted by Gasteiger charge is -2.12. The molecule has 78 valence electrons. The van der Waals surface area contributed by atoms with E-state index in [1.165, 1.54) is 9.80 Å². The summed E-state index contributed by atoms with van der Waals surface area (Å²) in [7, 11) is 10.2. The zero-order valence-corrected chi connectivity index (χ0v) is 9.34. The zero-order valence-electron chi connectivity index (χ0n) is 9.34. The maximum absolute atomic E-state index is 8.98. The van der Waals surface area contributed by atoms with Crippen molar-refractivity contribution in [3.63, 3.8) is 0 Å². The summed E-state index contributed by atoms with van der Waals surface area (Å²) in [5.41, 5.74) is 0. The number of rotatable bonds is 0. The monoisotopic (exact) mass is 189 g/mol. The minimum atomic E-state index is -2.31. The van der Waals surface area contributed by atoms with E-state index in [-0.39, 0.29) is 0 Å². The molecule has 0 atom stereocenters. The molecule has 2 N–H and O–H groups in total. The van der Waals surface area contributed by atoms with Gasteiger partial charge in [-0.15, -0.1) is 0 Å². The van der Waals surface area contributed by atoms with E-state index in [1.54, 1.807) is 0 Å². The van der Waals surface area contributed by atoms with Gasteiger partial charge in [-0.1, -0.05) is 0 Å². The van der Waals surface area contributed by atoms with Gasteiger partial charge in [0.05, 0.1) is 42.3 Å². The van der Waals surface area contributed by atoms with Gasteiger partial charge in [-0.05, 0) is 5.97 Å². The van der Waals surface area contributed by atoms with Crippen molar-refractivity contribution in [1.82, 2.24) is 0 Å². The summed E-state index contributed by atoms with van der Waals surface area (Å²) in [6, 6.07) is 0. The van der Waals surface area contributed by atoms with Crippen molar-refractivity contribution in [2.75, 3.05) is 42.3 Å². The molecule has 0 aliphatic carbocycles. The summed E-state index contributed by atoms with van der Waals surface area (Å²) in [5, 5.41) is 25.2. The first kappa shape index (κ1) is 18.2. The van der Waals surface area contributed by atoms with E-state index >= 15 is 0 Å². The maximum atomic E-state index is 8.98. The second-order valence-electron chi connectivity index (χ2n) is 3.46. The van der Waals surface area contributed by atoms with Crippen LogP contribution in [0.3, 0.4) is 0 Å². The highest BCUT2D eigenvalue weighted by Gasteiger charge is 1.61. The molecular weight excluding hydrogens is 169 g/mol. The van der Waals surface area contributed by atoms with Gasteiger partial charge in [0.1, 0.15) is 0 Å². The highest BCUT2D eigenvalue weighted by molar-refractivity contribution is 6.46. The Morgan fingerprint density at radius 3 is 1.00 bits per heavy atom. The molecule has 0 aromatic carbocycles. The van der Waals surface area contributed by atoms with Gasteiger partial charge in [0.2, 0.25) is 0 Å². The number of hydrogen-bond acceptors (Lipinski definition) is 3. The van der Waals surface area contributed by atoms with Crippen LogP contribution in [0.1, 0.15) is 0 Å². The first-order chi connectivity index (χ1) is 5.73. The van der Waals surface area contributed by atoms with Gasteiger partial charge in [-0.3, -0.25) is 0 Å². The fourth-order valence-electron chi connectivity index (χ4n) is 0. The molecule has 0 radical (unpaired) electrons. The number of nitrogens with zero attached hydrogens (tertiary/aromatic N) is 1. The summed E-state index contributed by atoms with van der Waals surface area (Å²) in [6.45, 7) is 0. The van der Waals surface area contributed by atoms with E-state index in [0.29, 0.717) is 0 Å². The fraction of sp³-hybridized carbons (Fsp3) is 0.857. The first-order valence-electron chi connectivity index (χ1n) is 3.98. The van der Waals surface area contributed by atoms with E-state index in [0.717, 1.165) is 5.97 Å². The highest BCUT2D eigenvalue weighted by Crippen LogP contribution is 1.34. The normalized spacial score (nSPS) is 7.77. The smallest absolute Gasteiger partial charge is 0.0661 e. The molecule has 0 amide bonds. The standard InChI is InChI=1S/2C3H9N.CBNO2/c2*1-4(2)3;3-1-2(4)5/h2*1-3H3;/q;;-2/p+2. The van der Waals surface area contributed by atoms with Crippen LogP contribution in [0, 0.1) is 11.2 Å². The van der Waals surface area contributed by atoms with Crippen molar-refractivity contribution in [3.05, 3.63) is 0 Å². The van der Waals surface area contributed by atoms with Crippen LogP contribution in [0.5, 0.6) is 0 Å². The van der Waals surface area contributed by atoms with Gasteiger partial charge < -0.3 is 19.8 Å². The number of quaternary nitrogens is 2. The van der Waals surface area contributed by atoms with Crippen molar-refractivity contribution < 1.29 is 19.8 Å². The molecule has 0 spiro atoms. The Kier molecular flexibility index (Phi) is 19.6. The quantitative estimate of drug-likeness (QED) is 0.374. The Morgan fingerprint density at radius 2 is 1.00 bits per heavy atom. The van der Waals surface area contributed by atoms with E-state index in [1.807, 2.05) is 0 Å². The third-order valence-corrected chi connectivity index (χ3v) is 0.105. The molecule has 0 unspecified atom stereocenters. The van der Waals surface area contributed by atoms with Gasteiger partial charge in [0.15, 0.2) is 0 Å². The van der Waals surface area contributed by atoms with Crippen molar-refractivity contribution in [2.24, 2.45) is 0 Å². The van der Waals surface area contributed by atoms with Crippen LogP contribution in [0.15, 0.2) is 0 Å². The van der Waals surface area contributed by atoms with Crippen molar-refractivity contribution in [1.29, 1.82) is 5.26 Å². The van der Waals surface area contributed by atoms with Gasteiger partial charge in [0.25, 0.3) is 0 Å². The highest BCUT2D eigenvalue weighted by atomic mass is 16.4. The van der Waals surface area contributed by atoms with Crippen LogP contribution >= 0.6 is 0 Å². The zero-order chi connectivity index (χ0) is 11.4. The van der Waals surface area contributed by atoms with E-state index < -0.39 is 7.12 Å². The second-order valence-corrected chi connectivity index (χ2v) is 3.46. The summed E-state index contributed by atoms with van der Waals surface area (Å²) in [6.07, 6.45) is 0. The minimum absolute atomic E-state index is 0.917. The minimum Gasteiger partial charge on any atom is -0.881 e. The third kappa shape index (κ3) is 517. The lowest BCUT2D eigenvalue weighted by atomic mass is 9.97. The predicted molar refractivity (Wildman–Crippen MR) is 48.8 cm³/mol. The molecule has 0 bridgehead atoms. The van der Waals surface area contributed by atoms with E-state index in [9.17, 15) is 0 Å². The first-order valence-corrected chi connectivity index (χ1v) is 3.98. The molecule has 0 aromatic heterocycles. The van der Waals surface area contributed by atoms with Crippen LogP contribution in [-0.2, 0) is 0 Å². The molecule has 6 heteroatoms. The Hall–Kier alpha value is -0.605. The van der Waals surface area contributed by atoms with Crippen LogP contribution in [0.2, 0.25) is 0 Å². The Labute approximate surface area is 81.3 Å². The van der Waals surface area contributed by atoms with Gasteiger partial charge in [-0.25, -0.2) is 5.26 Å². The average molecular weight is 189 g/mol. The molecule has 0 aliphatic heterocycles. The van der Waals surface area contributed by atoms with Crippen molar-refractivity contribution >= 4 is 7.12 Å². The second kappa shape index (κ2) is 13.9. The van der Waals surface area contributed by atoms with Crippen LogP contribution in [0.25, 0.3) is 0 Å². The number of nitriles is 1. The molecule has 0 rings (SSSR count). The Bertz CT molecular complexity index is 112. The maximum Gasteiger partial charge on any atom is 0.0661 e. The summed E-state index contributed by atoms with van der Waals surface area (Å²) in [4.78, 5) is 2.83. The largest absolute Gasteiger partial charge is 0.881 e. The topological polar surface area (TPSA) is 78.8 Å². The van der Waals surface area contributed by atoms with Gasteiger partial charge in [-0.2, -0.15) is 0 Å². The van der Waals surface area contributed by atoms with Gasteiger partial charge >= 0.3 is 0 Å². The summed E-state index contributed by atoms with van der Waals surface area (Å²) in [5.74, 6) is 0.917. The lowest BCUT2D eigenvalue weighted by Crippen LogP contribution is -3.02. The van der Waals surface area contributed by atoms with Crippen molar-refractivity contribution in [2.45, 2.75) is 0 Å². The van der Waals surface area contributed by atoms with Crippen molar-refractivity contribution in [3.8, 4) is 5.97 Å². The Balaban J connectivity index is -0.000000117. The molecule has 0 aliphatic rings. The predicted octanol–water partition coefficient (Wildman–Crippen LogP) is -5.22.